The zero-order valence-corrected chi connectivity index (χ0v) is 8.89. The predicted molar refractivity (Wildman–Crippen MR) is 57.0 cm³/mol. The minimum atomic E-state index is 0.654. The topological polar surface area (TPSA) is 24.9 Å². The largest absolute Gasteiger partial charge is 0.370 e. The molecule has 0 saturated heterocycles. The fourth-order valence-corrected chi connectivity index (χ4v) is 1.11. The maximum atomic E-state index is 4.30. The van der Waals surface area contributed by atoms with Crippen molar-refractivity contribution in [2.24, 2.45) is 5.92 Å². The number of pyridine rings is 1. The van der Waals surface area contributed by atoms with E-state index in [-0.39, 0.29) is 0 Å². The molecular weight excluding hydrogens is 160 g/mol. The Morgan fingerprint density at radius 2 is 2.08 bits per heavy atom. The third-order valence-corrected chi connectivity index (χ3v) is 2.15. The standard InChI is InChI=1S/C11H18N2/c1-8(2)7-13-11-10(4)9(3)5-6-12-11/h5-6,8H,7H2,1-4H3,(H,12,13). The highest BCUT2D eigenvalue weighted by atomic mass is 15.0. The van der Waals surface area contributed by atoms with E-state index in [1.807, 2.05) is 12.3 Å². The highest BCUT2D eigenvalue weighted by Crippen LogP contribution is 2.14. The number of nitrogens with one attached hydrogen (secondary N) is 1. The average Bonchev–Trinajstić information content (AvgIpc) is 2.07. The summed E-state index contributed by atoms with van der Waals surface area (Å²) in [7, 11) is 0. The summed E-state index contributed by atoms with van der Waals surface area (Å²) in [6.45, 7) is 9.58. The highest BCUT2D eigenvalue weighted by Gasteiger charge is 2.01. The third kappa shape index (κ3) is 2.72. The van der Waals surface area contributed by atoms with Crippen LogP contribution in [0.25, 0.3) is 0 Å². The molecule has 2 nitrogen and oxygen atoms in total. The first-order valence-electron chi connectivity index (χ1n) is 4.77. The maximum Gasteiger partial charge on any atom is 0.129 e. The van der Waals surface area contributed by atoms with Gasteiger partial charge in [-0.3, -0.25) is 0 Å². The second-order valence-electron chi connectivity index (χ2n) is 3.88. The van der Waals surface area contributed by atoms with Gasteiger partial charge < -0.3 is 5.32 Å². The molecule has 0 amide bonds. The Labute approximate surface area is 80.4 Å². The van der Waals surface area contributed by atoms with Crippen molar-refractivity contribution in [3.8, 4) is 0 Å². The SMILES string of the molecule is Cc1ccnc(NCC(C)C)c1C. The van der Waals surface area contributed by atoms with Gasteiger partial charge >= 0.3 is 0 Å². The maximum absolute atomic E-state index is 4.30. The fourth-order valence-electron chi connectivity index (χ4n) is 1.11. The average molecular weight is 178 g/mol. The summed E-state index contributed by atoms with van der Waals surface area (Å²) in [5.41, 5.74) is 2.55. The molecule has 13 heavy (non-hydrogen) atoms. The summed E-state index contributed by atoms with van der Waals surface area (Å²) in [4.78, 5) is 4.30. The van der Waals surface area contributed by atoms with Crippen LogP contribution in [0.15, 0.2) is 12.3 Å². The second-order valence-corrected chi connectivity index (χ2v) is 3.88. The van der Waals surface area contributed by atoms with Gasteiger partial charge in [0.2, 0.25) is 0 Å². The molecule has 0 aromatic carbocycles. The second kappa shape index (κ2) is 4.26. The molecule has 0 atom stereocenters. The molecule has 2 heteroatoms. The van der Waals surface area contributed by atoms with Crippen molar-refractivity contribution in [2.75, 3.05) is 11.9 Å². The number of hydrogen-bond donors (Lipinski definition) is 1. The molecule has 0 bridgehead atoms. The van der Waals surface area contributed by atoms with Crippen molar-refractivity contribution in [1.82, 2.24) is 4.98 Å². The van der Waals surface area contributed by atoms with Crippen molar-refractivity contribution in [3.63, 3.8) is 0 Å². The van der Waals surface area contributed by atoms with Crippen LogP contribution in [0.2, 0.25) is 0 Å². The number of anilines is 1. The van der Waals surface area contributed by atoms with E-state index in [4.69, 9.17) is 0 Å². The van der Waals surface area contributed by atoms with Gasteiger partial charge in [0.05, 0.1) is 0 Å². The summed E-state index contributed by atoms with van der Waals surface area (Å²) in [6, 6.07) is 2.04. The first-order valence-corrected chi connectivity index (χ1v) is 4.77. The van der Waals surface area contributed by atoms with E-state index >= 15 is 0 Å². The van der Waals surface area contributed by atoms with Gasteiger partial charge in [0.15, 0.2) is 0 Å². The lowest BCUT2D eigenvalue weighted by molar-refractivity contribution is 0.686. The van der Waals surface area contributed by atoms with Crippen molar-refractivity contribution in [1.29, 1.82) is 0 Å². The number of aryl methyl sites for hydroxylation is 1. The molecule has 0 unspecified atom stereocenters. The highest BCUT2D eigenvalue weighted by molar-refractivity contribution is 5.46. The van der Waals surface area contributed by atoms with Crippen LogP contribution in [0, 0.1) is 19.8 Å². The van der Waals surface area contributed by atoms with Gasteiger partial charge in [-0.15, -0.1) is 0 Å². The minimum Gasteiger partial charge on any atom is -0.370 e. The van der Waals surface area contributed by atoms with Gasteiger partial charge in [-0.2, -0.15) is 0 Å². The van der Waals surface area contributed by atoms with Crippen molar-refractivity contribution in [2.45, 2.75) is 27.7 Å². The molecule has 0 spiro atoms. The zero-order valence-electron chi connectivity index (χ0n) is 8.89. The van der Waals surface area contributed by atoms with E-state index in [1.54, 1.807) is 0 Å². The molecule has 0 fully saturated rings. The van der Waals surface area contributed by atoms with E-state index in [9.17, 15) is 0 Å². The van der Waals surface area contributed by atoms with Gasteiger partial charge in [0.25, 0.3) is 0 Å². The van der Waals surface area contributed by atoms with Gasteiger partial charge in [0.1, 0.15) is 5.82 Å². The van der Waals surface area contributed by atoms with Gasteiger partial charge in [0, 0.05) is 12.7 Å². The number of rotatable bonds is 3. The van der Waals surface area contributed by atoms with Crippen LogP contribution in [-0.2, 0) is 0 Å². The van der Waals surface area contributed by atoms with Crippen LogP contribution < -0.4 is 5.32 Å². The van der Waals surface area contributed by atoms with Crippen LogP contribution in [0.5, 0.6) is 0 Å². The molecule has 0 aliphatic heterocycles. The Kier molecular flexibility index (Phi) is 3.29. The van der Waals surface area contributed by atoms with E-state index in [1.165, 1.54) is 11.1 Å². The van der Waals surface area contributed by atoms with Gasteiger partial charge in [-0.05, 0) is 37.0 Å². The molecule has 0 aliphatic carbocycles. The first-order chi connectivity index (χ1) is 6.11. The minimum absolute atomic E-state index is 0.654. The lowest BCUT2D eigenvalue weighted by Gasteiger charge is -2.11. The molecule has 1 aromatic rings. The van der Waals surface area contributed by atoms with Crippen molar-refractivity contribution >= 4 is 5.82 Å². The number of aromatic nitrogens is 1. The Bertz CT molecular complexity index is 279. The lowest BCUT2D eigenvalue weighted by Crippen LogP contribution is -2.10. The predicted octanol–water partition coefficient (Wildman–Crippen LogP) is 2.77. The number of hydrogen-bond acceptors (Lipinski definition) is 2. The smallest absolute Gasteiger partial charge is 0.129 e. The summed E-state index contributed by atoms with van der Waals surface area (Å²) in [5.74, 6) is 1.68. The molecule has 72 valence electrons. The van der Waals surface area contributed by atoms with Gasteiger partial charge in [-0.25, -0.2) is 4.98 Å². The van der Waals surface area contributed by atoms with E-state index in [0.717, 1.165) is 12.4 Å². The lowest BCUT2D eigenvalue weighted by atomic mass is 10.1. The van der Waals surface area contributed by atoms with Crippen LogP contribution in [0.4, 0.5) is 5.82 Å². The molecule has 0 radical (unpaired) electrons. The molecule has 1 N–H and O–H groups in total. The van der Waals surface area contributed by atoms with E-state index < -0.39 is 0 Å². The Balaban J connectivity index is 2.71. The van der Waals surface area contributed by atoms with Crippen LogP contribution in [0.3, 0.4) is 0 Å². The zero-order chi connectivity index (χ0) is 9.84. The van der Waals surface area contributed by atoms with Gasteiger partial charge in [-0.1, -0.05) is 13.8 Å². The summed E-state index contributed by atoms with van der Waals surface area (Å²) in [5, 5.41) is 3.34. The molecule has 0 saturated carbocycles. The molecule has 1 rings (SSSR count). The van der Waals surface area contributed by atoms with Crippen LogP contribution >= 0.6 is 0 Å². The molecule has 1 heterocycles. The van der Waals surface area contributed by atoms with E-state index in [0.29, 0.717) is 5.92 Å². The van der Waals surface area contributed by atoms with Crippen molar-refractivity contribution < 1.29 is 0 Å². The normalized spacial score (nSPS) is 10.5. The summed E-state index contributed by atoms with van der Waals surface area (Å²) in [6.07, 6.45) is 1.85. The quantitative estimate of drug-likeness (QED) is 0.769. The Morgan fingerprint density at radius 3 is 2.69 bits per heavy atom. The van der Waals surface area contributed by atoms with Crippen LogP contribution in [0.1, 0.15) is 25.0 Å². The molecule has 1 aromatic heterocycles. The monoisotopic (exact) mass is 178 g/mol. The van der Waals surface area contributed by atoms with Crippen LogP contribution in [-0.4, -0.2) is 11.5 Å². The molecule has 0 aliphatic rings. The third-order valence-electron chi connectivity index (χ3n) is 2.15. The first kappa shape index (κ1) is 10.0. The van der Waals surface area contributed by atoms with E-state index in [2.05, 4.69) is 38.0 Å². The Morgan fingerprint density at radius 1 is 1.38 bits per heavy atom. The Hall–Kier alpha value is -1.05. The van der Waals surface area contributed by atoms with Crippen molar-refractivity contribution in [3.05, 3.63) is 23.4 Å². The number of nitrogens with zero attached hydrogens (tertiary/aromatic N) is 1. The summed E-state index contributed by atoms with van der Waals surface area (Å²) < 4.78 is 0. The summed E-state index contributed by atoms with van der Waals surface area (Å²) >= 11 is 0. The molecular formula is C11H18N2. The fraction of sp³-hybridized carbons (Fsp3) is 0.545.